The van der Waals surface area contributed by atoms with Gasteiger partial charge in [0.25, 0.3) is 0 Å². The molecule has 2 aromatic rings. The van der Waals surface area contributed by atoms with Gasteiger partial charge in [-0.05, 0) is 24.5 Å². The molecule has 1 saturated heterocycles. The third kappa shape index (κ3) is 4.78. The van der Waals surface area contributed by atoms with Gasteiger partial charge < -0.3 is 24.6 Å². The molecule has 1 aromatic heterocycles. The Balaban J connectivity index is 1.50. The highest BCUT2D eigenvalue weighted by molar-refractivity contribution is 6.35. The van der Waals surface area contributed by atoms with Crippen LogP contribution in [-0.4, -0.2) is 65.5 Å². The number of nitrogens with zero attached hydrogens (tertiary/aromatic N) is 2. The summed E-state index contributed by atoms with van der Waals surface area (Å²) < 4.78 is 7.41. The topological polar surface area (TPSA) is 95.8 Å². The van der Waals surface area contributed by atoms with Gasteiger partial charge in [-0.1, -0.05) is 23.7 Å². The van der Waals surface area contributed by atoms with Crippen LogP contribution >= 0.6 is 11.6 Å². The van der Waals surface area contributed by atoms with E-state index in [1.54, 1.807) is 0 Å². The summed E-state index contributed by atoms with van der Waals surface area (Å²) in [5, 5.41) is 16.2. The molecule has 0 radical (unpaired) electrons. The largest absolute Gasteiger partial charge is 0.387 e. The number of ether oxygens (including phenoxy) is 1. The summed E-state index contributed by atoms with van der Waals surface area (Å²) in [4.78, 5) is 26.3. The van der Waals surface area contributed by atoms with Crippen molar-refractivity contribution in [1.29, 1.82) is 0 Å². The second-order valence-electron chi connectivity index (χ2n) is 7.89. The van der Waals surface area contributed by atoms with Gasteiger partial charge in [-0.2, -0.15) is 0 Å². The van der Waals surface area contributed by atoms with Crippen molar-refractivity contribution in [2.75, 3.05) is 33.0 Å². The number of fused-ring (bicyclic) bond motifs is 1. The van der Waals surface area contributed by atoms with E-state index in [9.17, 15) is 9.59 Å². The summed E-state index contributed by atoms with van der Waals surface area (Å²) in [6.45, 7) is 2.58. The van der Waals surface area contributed by atoms with E-state index < -0.39 is 12.5 Å². The minimum absolute atomic E-state index is 0.142. The first-order valence-electron chi connectivity index (χ1n) is 10.3. The second kappa shape index (κ2) is 9.34. The SMILES string of the molecule is O=C(CO)NCCn1cc(Cl)c2ccc(CN(C(=O)C3CNCOC3)C3CC3)cc21. The molecule has 2 fully saturated rings. The predicted octanol–water partition coefficient (Wildman–Crippen LogP) is 1.09. The minimum Gasteiger partial charge on any atom is -0.387 e. The molecule has 30 heavy (non-hydrogen) atoms. The zero-order valence-electron chi connectivity index (χ0n) is 16.8. The summed E-state index contributed by atoms with van der Waals surface area (Å²) in [5.41, 5.74) is 2.00. The summed E-state index contributed by atoms with van der Waals surface area (Å²) in [5.74, 6) is -0.403. The lowest BCUT2D eigenvalue weighted by Crippen LogP contribution is -2.46. The van der Waals surface area contributed by atoms with Crippen LogP contribution in [0.5, 0.6) is 0 Å². The summed E-state index contributed by atoms with van der Waals surface area (Å²) in [6, 6.07) is 6.37. The molecule has 1 aliphatic carbocycles. The van der Waals surface area contributed by atoms with Crippen LogP contribution < -0.4 is 10.6 Å². The van der Waals surface area contributed by atoms with Gasteiger partial charge in [0.05, 0.1) is 24.3 Å². The predicted molar refractivity (Wildman–Crippen MR) is 113 cm³/mol. The van der Waals surface area contributed by atoms with Crippen LogP contribution in [-0.2, 0) is 27.4 Å². The molecule has 1 atom stereocenters. The lowest BCUT2D eigenvalue weighted by atomic mass is 10.1. The van der Waals surface area contributed by atoms with Crippen LogP contribution in [0.25, 0.3) is 10.9 Å². The van der Waals surface area contributed by atoms with Crippen LogP contribution in [0, 0.1) is 5.92 Å². The van der Waals surface area contributed by atoms with Crippen molar-refractivity contribution in [3.05, 3.63) is 35.0 Å². The van der Waals surface area contributed by atoms with Gasteiger partial charge in [-0.15, -0.1) is 0 Å². The highest BCUT2D eigenvalue weighted by Crippen LogP contribution is 2.32. The fraction of sp³-hybridized carbons (Fsp3) is 0.524. The van der Waals surface area contributed by atoms with E-state index in [-0.39, 0.29) is 11.8 Å². The van der Waals surface area contributed by atoms with Crippen molar-refractivity contribution in [1.82, 2.24) is 20.1 Å². The van der Waals surface area contributed by atoms with E-state index in [2.05, 4.69) is 16.7 Å². The number of carbonyl (C=O) groups is 2. The van der Waals surface area contributed by atoms with E-state index in [0.717, 1.165) is 29.3 Å². The molecule has 2 amide bonds. The first kappa shape index (κ1) is 21.1. The second-order valence-corrected chi connectivity index (χ2v) is 8.30. The average Bonchev–Trinajstić information content (AvgIpc) is 3.57. The van der Waals surface area contributed by atoms with Crippen molar-refractivity contribution < 1.29 is 19.4 Å². The van der Waals surface area contributed by atoms with E-state index in [1.807, 2.05) is 27.8 Å². The third-order valence-corrected chi connectivity index (χ3v) is 5.90. The fourth-order valence-corrected chi connectivity index (χ4v) is 4.15. The Labute approximate surface area is 180 Å². The lowest BCUT2D eigenvalue weighted by molar-refractivity contribution is -0.140. The lowest BCUT2D eigenvalue weighted by Gasteiger charge is -2.30. The monoisotopic (exact) mass is 434 g/mol. The molecule has 1 aromatic carbocycles. The third-order valence-electron chi connectivity index (χ3n) is 5.60. The summed E-state index contributed by atoms with van der Waals surface area (Å²) in [7, 11) is 0. The van der Waals surface area contributed by atoms with Crippen LogP contribution in [0.4, 0.5) is 0 Å². The molecule has 4 rings (SSSR count). The molecule has 9 heteroatoms. The number of rotatable bonds is 8. The van der Waals surface area contributed by atoms with Crippen molar-refractivity contribution >= 4 is 34.3 Å². The number of aromatic nitrogens is 1. The van der Waals surface area contributed by atoms with Gasteiger partial charge in [-0.25, -0.2) is 0 Å². The number of amides is 2. The van der Waals surface area contributed by atoms with E-state index in [4.69, 9.17) is 21.4 Å². The number of hydrogen-bond acceptors (Lipinski definition) is 5. The van der Waals surface area contributed by atoms with E-state index in [1.165, 1.54) is 0 Å². The quantitative estimate of drug-likeness (QED) is 0.578. The molecule has 2 heterocycles. The first-order valence-corrected chi connectivity index (χ1v) is 10.7. The van der Waals surface area contributed by atoms with Crippen molar-refractivity contribution in [2.45, 2.75) is 32.0 Å². The molecule has 2 aliphatic rings. The van der Waals surface area contributed by atoms with Gasteiger partial charge in [-0.3, -0.25) is 14.9 Å². The Morgan fingerprint density at radius 3 is 2.90 bits per heavy atom. The molecule has 3 N–H and O–H groups in total. The molecular formula is C21H27ClN4O4. The van der Waals surface area contributed by atoms with Crippen LogP contribution in [0.15, 0.2) is 24.4 Å². The average molecular weight is 435 g/mol. The summed E-state index contributed by atoms with van der Waals surface area (Å²) >= 11 is 6.38. The van der Waals surface area contributed by atoms with E-state index in [0.29, 0.717) is 50.6 Å². The molecule has 1 unspecified atom stereocenters. The van der Waals surface area contributed by atoms with Gasteiger partial charge in [0.1, 0.15) is 6.61 Å². The number of hydrogen-bond donors (Lipinski definition) is 3. The number of aliphatic hydroxyl groups is 1. The van der Waals surface area contributed by atoms with Crippen molar-refractivity contribution in [3.8, 4) is 0 Å². The Morgan fingerprint density at radius 1 is 1.37 bits per heavy atom. The maximum absolute atomic E-state index is 13.1. The maximum atomic E-state index is 13.1. The first-order chi connectivity index (χ1) is 14.6. The van der Waals surface area contributed by atoms with Gasteiger partial charge >= 0.3 is 0 Å². The zero-order valence-corrected chi connectivity index (χ0v) is 17.5. The number of aliphatic hydroxyl groups excluding tert-OH is 1. The Morgan fingerprint density at radius 2 is 2.20 bits per heavy atom. The molecule has 0 spiro atoms. The Bertz CT molecular complexity index is 921. The normalized spacial score (nSPS) is 19.1. The standard InChI is InChI=1S/C21H27ClN4O4/c22-18-10-25(6-5-24-20(28)11-27)19-7-14(1-4-17(18)19)9-26(16-2-3-16)21(29)15-8-23-13-30-12-15/h1,4,7,10,15-16,23,27H,2-3,5-6,8-9,11-13H2,(H,24,28). The minimum atomic E-state index is -0.524. The number of carbonyl (C=O) groups excluding carboxylic acids is 2. The molecule has 8 nitrogen and oxygen atoms in total. The zero-order chi connectivity index (χ0) is 21.1. The molecule has 0 bridgehead atoms. The number of halogens is 1. The van der Waals surface area contributed by atoms with Crippen LogP contribution in [0.3, 0.4) is 0 Å². The highest BCUT2D eigenvalue weighted by atomic mass is 35.5. The number of nitrogens with one attached hydrogen (secondary N) is 2. The molecular weight excluding hydrogens is 408 g/mol. The fourth-order valence-electron chi connectivity index (χ4n) is 3.88. The van der Waals surface area contributed by atoms with E-state index >= 15 is 0 Å². The molecule has 1 saturated carbocycles. The summed E-state index contributed by atoms with van der Waals surface area (Å²) in [6.07, 6.45) is 3.93. The van der Waals surface area contributed by atoms with Crippen LogP contribution in [0.2, 0.25) is 5.02 Å². The van der Waals surface area contributed by atoms with Gasteiger partial charge in [0.15, 0.2) is 0 Å². The molecule has 1 aliphatic heterocycles. The smallest absolute Gasteiger partial charge is 0.245 e. The van der Waals surface area contributed by atoms with Crippen molar-refractivity contribution in [2.24, 2.45) is 5.92 Å². The molecule has 162 valence electrons. The maximum Gasteiger partial charge on any atom is 0.245 e. The van der Waals surface area contributed by atoms with Crippen LogP contribution in [0.1, 0.15) is 18.4 Å². The Kier molecular flexibility index (Phi) is 6.58. The Hall–Kier alpha value is -2.13. The van der Waals surface area contributed by atoms with Gasteiger partial charge in [0, 0.05) is 49.3 Å². The van der Waals surface area contributed by atoms with Gasteiger partial charge in [0.2, 0.25) is 11.8 Å². The number of benzene rings is 1. The highest BCUT2D eigenvalue weighted by Gasteiger charge is 2.36. The van der Waals surface area contributed by atoms with Crippen molar-refractivity contribution in [3.63, 3.8) is 0 Å².